The third kappa shape index (κ3) is 3.79. The number of hydrogen-bond donors (Lipinski definition) is 1. The maximum absolute atomic E-state index is 13.2. The Morgan fingerprint density at radius 3 is 2.56 bits per heavy atom. The molecule has 1 amide bonds. The minimum absolute atomic E-state index is 0.0534. The number of nitrogens with zero attached hydrogens (tertiary/aromatic N) is 2. The zero-order valence-corrected chi connectivity index (χ0v) is 18.9. The predicted octanol–water partition coefficient (Wildman–Crippen LogP) is 4.04. The first-order valence-electron chi connectivity index (χ1n) is 11.1. The second kappa shape index (κ2) is 8.67. The van der Waals surface area contributed by atoms with Crippen LogP contribution in [0.1, 0.15) is 35.2 Å². The van der Waals surface area contributed by atoms with Crippen molar-refractivity contribution in [3.8, 4) is 11.5 Å². The van der Waals surface area contributed by atoms with Crippen LogP contribution in [-0.4, -0.2) is 39.9 Å². The van der Waals surface area contributed by atoms with Crippen LogP contribution in [-0.2, 0) is 22.6 Å². The minimum Gasteiger partial charge on any atom is -0.507 e. The van der Waals surface area contributed by atoms with Crippen molar-refractivity contribution in [2.45, 2.75) is 32.0 Å². The summed E-state index contributed by atoms with van der Waals surface area (Å²) in [6.45, 7) is 2.18. The molecule has 2 aromatic carbocycles. The van der Waals surface area contributed by atoms with Crippen LogP contribution in [0.2, 0.25) is 0 Å². The monoisotopic (exact) mass is 456 g/mol. The van der Waals surface area contributed by atoms with E-state index in [9.17, 15) is 14.7 Å². The molecule has 1 N–H and O–H groups in total. The molecule has 2 atom stereocenters. The standard InChI is InChI=1S/C27H24N2O5/c1-16-13-20-14-19(5-8-22(20)34-16)25(30)23-24(18-3-6-21(33-2)7-4-18)29(27(32)26(23)31)15-17-9-11-28-12-10-17/h3-12,14,16,24,30H,13,15H2,1-2H3/b25-23+/t16-,24-/m0/s1. The zero-order chi connectivity index (χ0) is 23.8. The Kier molecular flexibility index (Phi) is 5.53. The Balaban J connectivity index is 1.62. The largest absolute Gasteiger partial charge is 0.507 e. The van der Waals surface area contributed by atoms with Crippen LogP contribution in [0, 0.1) is 0 Å². The van der Waals surface area contributed by atoms with Crippen LogP contribution >= 0.6 is 0 Å². The number of rotatable bonds is 5. The number of aliphatic hydroxyl groups is 1. The van der Waals surface area contributed by atoms with Gasteiger partial charge < -0.3 is 19.5 Å². The van der Waals surface area contributed by atoms with E-state index in [1.54, 1.807) is 68.0 Å². The molecule has 1 aromatic heterocycles. The highest BCUT2D eigenvalue weighted by atomic mass is 16.5. The molecule has 0 spiro atoms. The number of ketones is 1. The van der Waals surface area contributed by atoms with Gasteiger partial charge in [-0.15, -0.1) is 0 Å². The van der Waals surface area contributed by atoms with Crippen molar-refractivity contribution in [2.24, 2.45) is 0 Å². The normalized spacial score (nSPS) is 20.8. The Labute approximate surface area is 197 Å². The Bertz CT molecular complexity index is 1280. The number of methoxy groups -OCH3 is 1. The quantitative estimate of drug-likeness (QED) is 0.354. The summed E-state index contributed by atoms with van der Waals surface area (Å²) >= 11 is 0. The number of fused-ring (bicyclic) bond motifs is 1. The van der Waals surface area contributed by atoms with Gasteiger partial charge in [0.05, 0.1) is 18.7 Å². The molecule has 2 aliphatic heterocycles. The number of amides is 1. The van der Waals surface area contributed by atoms with Gasteiger partial charge in [0, 0.05) is 30.9 Å². The molecule has 7 nitrogen and oxygen atoms in total. The first-order chi connectivity index (χ1) is 16.5. The third-order valence-corrected chi connectivity index (χ3v) is 6.24. The molecule has 0 unspecified atom stereocenters. The van der Waals surface area contributed by atoms with Gasteiger partial charge in [0.2, 0.25) is 0 Å². The van der Waals surface area contributed by atoms with Gasteiger partial charge in [0.25, 0.3) is 11.7 Å². The van der Waals surface area contributed by atoms with E-state index in [-0.39, 0.29) is 24.0 Å². The lowest BCUT2D eigenvalue weighted by Gasteiger charge is -2.25. The molecule has 3 aromatic rings. The average Bonchev–Trinajstić information content (AvgIpc) is 3.35. The molecular formula is C27H24N2O5. The smallest absolute Gasteiger partial charge is 0.295 e. The van der Waals surface area contributed by atoms with Gasteiger partial charge in [0.1, 0.15) is 23.4 Å². The fourth-order valence-corrected chi connectivity index (χ4v) is 4.59. The lowest BCUT2D eigenvalue weighted by atomic mass is 9.94. The highest BCUT2D eigenvalue weighted by Crippen LogP contribution is 2.41. The number of carbonyl (C=O) groups excluding carboxylic acids is 2. The summed E-state index contributed by atoms with van der Waals surface area (Å²) in [6, 6.07) is 15.3. The fourth-order valence-electron chi connectivity index (χ4n) is 4.59. The van der Waals surface area contributed by atoms with Gasteiger partial charge in [-0.25, -0.2) is 0 Å². The summed E-state index contributed by atoms with van der Waals surface area (Å²) in [6.07, 6.45) is 4.05. The molecule has 0 radical (unpaired) electrons. The molecule has 172 valence electrons. The van der Waals surface area contributed by atoms with Crippen LogP contribution in [0.5, 0.6) is 11.5 Å². The molecule has 1 saturated heterocycles. The Morgan fingerprint density at radius 1 is 1.12 bits per heavy atom. The van der Waals surface area contributed by atoms with Gasteiger partial charge in [-0.1, -0.05) is 12.1 Å². The number of Topliss-reactive ketones (excluding diaryl/α,β-unsaturated/α-hetero) is 1. The highest BCUT2D eigenvalue weighted by molar-refractivity contribution is 6.46. The van der Waals surface area contributed by atoms with E-state index >= 15 is 0 Å². The van der Waals surface area contributed by atoms with E-state index in [0.29, 0.717) is 16.9 Å². The molecule has 0 aliphatic carbocycles. The highest BCUT2D eigenvalue weighted by Gasteiger charge is 2.46. The van der Waals surface area contributed by atoms with Crippen LogP contribution < -0.4 is 9.47 Å². The second-order valence-electron chi connectivity index (χ2n) is 8.51. The number of benzene rings is 2. The maximum Gasteiger partial charge on any atom is 0.295 e. The van der Waals surface area contributed by atoms with Crippen molar-refractivity contribution in [1.82, 2.24) is 9.88 Å². The number of likely N-dealkylation sites (tertiary alicyclic amines) is 1. The minimum atomic E-state index is -0.748. The molecule has 5 rings (SSSR count). The van der Waals surface area contributed by atoms with E-state index in [1.165, 1.54) is 4.90 Å². The van der Waals surface area contributed by atoms with Gasteiger partial charge >= 0.3 is 0 Å². The first kappa shape index (κ1) is 21.7. The number of aliphatic hydroxyl groups excluding tert-OH is 1. The van der Waals surface area contributed by atoms with Crippen molar-refractivity contribution in [3.63, 3.8) is 0 Å². The molecular weight excluding hydrogens is 432 g/mol. The van der Waals surface area contributed by atoms with Crippen LogP contribution in [0.15, 0.2) is 72.6 Å². The molecule has 34 heavy (non-hydrogen) atoms. The van der Waals surface area contributed by atoms with E-state index < -0.39 is 17.7 Å². The van der Waals surface area contributed by atoms with E-state index in [0.717, 1.165) is 23.3 Å². The number of carbonyl (C=O) groups is 2. The van der Waals surface area contributed by atoms with Crippen molar-refractivity contribution in [1.29, 1.82) is 0 Å². The molecule has 1 fully saturated rings. The van der Waals surface area contributed by atoms with Crippen molar-refractivity contribution in [2.75, 3.05) is 7.11 Å². The van der Waals surface area contributed by atoms with Crippen LogP contribution in [0.25, 0.3) is 5.76 Å². The summed E-state index contributed by atoms with van der Waals surface area (Å²) in [5, 5.41) is 11.3. The molecule has 7 heteroatoms. The number of pyridine rings is 1. The summed E-state index contributed by atoms with van der Waals surface area (Å²) < 4.78 is 11.0. The van der Waals surface area contributed by atoms with Gasteiger partial charge in [0.15, 0.2) is 0 Å². The third-order valence-electron chi connectivity index (χ3n) is 6.24. The molecule has 3 heterocycles. The van der Waals surface area contributed by atoms with Crippen LogP contribution in [0.4, 0.5) is 0 Å². The summed E-state index contributed by atoms with van der Waals surface area (Å²) in [4.78, 5) is 31.9. The van der Waals surface area contributed by atoms with E-state index in [1.807, 2.05) is 13.0 Å². The second-order valence-corrected chi connectivity index (χ2v) is 8.51. The molecule has 0 bridgehead atoms. The Hall–Kier alpha value is -4.13. The van der Waals surface area contributed by atoms with E-state index in [4.69, 9.17) is 9.47 Å². The van der Waals surface area contributed by atoms with E-state index in [2.05, 4.69) is 4.98 Å². The average molecular weight is 456 g/mol. The predicted molar refractivity (Wildman–Crippen MR) is 125 cm³/mol. The Morgan fingerprint density at radius 2 is 1.85 bits per heavy atom. The summed E-state index contributed by atoms with van der Waals surface area (Å²) in [7, 11) is 1.57. The fraction of sp³-hybridized carbons (Fsp3) is 0.222. The lowest BCUT2D eigenvalue weighted by Crippen LogP contribution is -2.29. The number of aromatic nitrogens is 1. The SMILES string of the molecule is COc1ccc([C@H]2/C(=C(\O)c3ccc4c(c3)C[C@H](C)O4)C(=O)C(=O)N2Cc2ccncc2)cc1. The summed E-state index contributed by atoms with van der Waals surface area (Å²) in [5.41, 5.74) is 3.05. The lowest BCUT2D eigenvalue weighted by molar-refractivity contribution is -0.140. The van der Waals surface area contributed by atoms with Crippen molar-refractivity contribution in [3.05, 3.63) is 94.8 Å². The summed E-state index contributed by atoms with van der Waals surface area (Å²) in [5.74, 6) is -0.134. The molecule has 0 saturated carbocycles. The topological polar surface area (TPSA) is 89.0 Å². The number of hydrogen-bond acceptors (Lipinski definition) is 6. The maximum atomic E-state index is 13.2. The van der Waals surface area contributed by atoms with Crippen molar-refractivity contribution >= 4 is 17.4 Å². The van der Waals surface area contributed by atoms with Gasteiger partial charge in [-0.2, -0.15) is 0 Å². The van der Waals surface area contributed by atoms with Gasteiger partial charge in [-0.3, -0.25) is 14.6 Å². The first-order valence-corrected chi connectivity index (χ1v) is 11.1. The molecule has 2 aliphatic rings. The number of ether oxygens (including phenoxy) is 2. The van der Waals surface area contributed by atoms with Crippen molar-refractivity contribution < 1.29 is 24.2 Å². The van der Waals surface area contributed by atoms with Gasteiger partial charge in [-0.05, 0) is 66.1 Å². The van der Waals surface area contributed by atoms with Crippen LogP contribution in [0.3, 0.4) is 0 Å². The zero-order valence-electron chi connectivity index (χ0n) is 18.9.